The summed E-state index contributed by atoms with van der Waals surface area (Å²) >= 11 is 0. The monoisotopic (exact) mass is 248 g/mol. The Labute approximate surface area is 103 Å². The van der Waals surface area contributed by atoms with Gasteiger partial charge in [0.05, 0.1) is 12.6 Å². The number of rotatable bonds is 4. The molecule has 1 atom stereocenters. The van der Waals surface area contributed by atoms with Gasteiger partial charge in [0.15, 0.2) is 0 Å². The van der Waals surface area contributed by atoms with Crippen LogP contribution in [-0.2, 0) is 0 Å². The maximum Gasteiger partial charge on any atom is 0.278 e. The van der Waals surface area contributed by atoms with Crippen LogP contribution in [-0.4, -0.2) is 27.9 Å². The summed E-state index contributed by atoms with van der Waals surface area (Å²) in [5, 5.41) is 18.6. The minimum atomic E-state index is -0.545. The largest absolute Gasteiger partial charge is 0.394 e. The van der Waals surface area contributed by atoms with Crippen molar-refractivity contribution in [3.05, 3.63) is 41.6 Å². The van der Waals surface area contributed by atoms with Crippen LogP contribution < -0.4 is 11.1 Å². The molecule has 1 aromatic carbocycles. The van der Waals surface area contributed by atoms with Gasteiger partial charge in [-0.15, -0.1) is 0 Å². The first kappa shape index (κ1) is 12.1. The van der Waals surface area contributed by atoms with Crippen molar-refractivity contribution in [2.24, 2.45) is 0 Å². The summed E-state index contributed by atoms with van der Waals surface area (Å²) in [6.45, 7) is -0.235. The molecule has 0 aliphatic rings. The fraction of sp³-hybridized carbons (Fsp3) is 0.182. The highest BCUT2D eigenvalue weighted by Crippen LogP contribution is 2.13. The van der Waals surface area contributed by atoms with Crippen molar-refractivity contribution in [3.8, 4) is 0 Å². The van der Waals surface area contributed by atoms with Gasteiger partial charge < -0.3 is 16.2 Å². The van der Waals surface area contributed by atoms with Gasteiger partial charge in [-0.25, -0.2) is 4.63 Å². The standard InChI is InChI=1S/C11H12N4O3/c12-10-9(14-18-15-10)11(17)13-8(6-16)7-4-2-1-3-5-7/h1-5,8,16H,6H2,(H2,12,15)(H,13,17)/t8-/m0/s1. The molecule has 2 aromatic rings. The number of nitrogen functional groups attached to an aromatic ring is 1. The lowest BCUT2D eigenvalue weighted by molar-refractivity contribution is 0.0907. The van der Waals surface area contributed by atoms with Gasteiger partial charge >= 0.3 is 0 Å². The average Bonchev–Trinajstić information content (AvgIpc) is 2.83. The minimum Gasteiger partial charge on any atom is -0.394 e. The Morgan fingerprint density at radius 3 is 2.67 bits per heavy atom. The van der Waals surface area contributed by atoms with E-state index >= 15 is 0 Å². The zero-order valence-corrected chi connectivity index (χ0v) is 9.41. The topological polar surface area (TPSA) is 114 Å². The third kappa shape index (κ3) is 2.46. The first-order valence-electron chi connectivity index (χ1n) is 5.27. The highest BCUT2D eigenvalue weighted by Gasteiger charge is 2.20. The number of carbonyl (C=O) groups is 1. The number of nitrogens with zero attached hydrogens (tertiary/aromatic N) is 2. The van der Waals surface area contributed by atoms with Crippen molar-refractivity contribution in [3.63, 3.8) is 0 Å². The van der Waals surface area contributed by atoms with E-state index in [-0.39, 0.29) is 18.1 Å². The molecule has 1 heterocycles. The number of hydrogen-bond donors (Lipinski definition) is 3. The second-order valence-electron chi connectivity index (χ2n) is 3.62. The van der Waals surface area contributed by atoms with Crippen LogP contribution in [0.5, 0.6) is 0 Å². The van der Waals surface area contributed by atoms with Crippen molar-refractivity contribution in [2.45, 2.75) is 6.04 Å². The number of aromatic nitrogens is 2. The van der Waals surface area contributed by atoms with Gasteiger partial charge in [0, 0.05) is 0 Å². The van der Waals surface area contributed by atoms with E-state index in [2.05, 4.69) is 20.3 Å². The molecule has 7 heteroatoms. The summed E-state index contributed by atoms with van der Waals surface area (Å²) in [7, 11) is 0. The number of nitrogens with one attached hydrogen (secondary N) is 1. The van der Waals surface area contributed by atoms with E-state index in [0.717, 1.165) is 5.56 Å². The molecule has 1 amide bonds. The molecular formula is C11H12N4O3. The zero-order valence-electron chi connectivity index (χ0n) is 9.41. The highest BCUT2D eigenvalue weighted by molar-refractivity contribution is 5.96. The van der Waals surface area contributed by atoms with Crippen LogP contribution in [0.3, 0.4) is 0 Å². The molecule has 2 rings (SSSR count). The third-order valence-electron chi connectivity index (χ3n) is 2.42. The summed E-state index contributed by atoms with van der Waals surface area (Å²) in [5.74, 6) is -0.631. The first-order chi connectivity index (χ1) is 8.72. The van der Waals surface area contributed by atoms with Gasteiger partial charge in [0.1, 0.15) is 0 Å². The summed E-state index contributed by atoms with van der Waals surface area (Å²) < 4.78 is 4.34. The van der Waals surface area contributed by atoms with Crippen molar-refractivity contribution in [1.82, 2.24) is 15.6 Å². The van der Waals surface area contributed by atoms with Crippen LogP contribution in [0.1, 0.15) is 22.1 Å². The van der Waals surface area contributed by atoms with Gasteiger partial charge in [-0.2, -0.15) is 0 Å². The number of aliphatic hydroxyl groups is 1. The molecule has 0 saturated heterocycles. The van der Waals surface area contributed by atoms with E-state index < -0.39 is 11.9 Å². The Morgan fingerprint density at radius 1 is 1.39 bits per heavy atom. The van der Waals surface area contributed by atoms with Gasteiger partial charge in [-0.05, 0) is 15.9 Å². The molecule has 0 unspecified atom stereocenters. The van der Waals surface area contributed by atoms with Crippen LogP contribution in [0.25, 0.3) is 0 Å². The van der Waals surface area contributed by atoms with Crippen LogP contribution in [0, 0.1) is 0 Å². The summed E-state index contributed by atoms with van der Waals surface area (Å²) in [6.07, 6.45) is 0. The Morgan fingerprint density at radius 2 is 2.11 bits per heavy atom. The van der Waals surface area contributed by atoms with Crippen molar-refractivity contribution in [1.29, 1.82) is 0 Å². The van der Waals surface area contributed by atoms with Crippen molar-refractivity contribution >= 4 is 11.7 Å². The number of aliphatic hydroxyl groups excluding tert-OH is 1. The van der Waals surface area contributed by atoms with Crippen LogP contribution in [0.15, 0.2) is 35.0 Å². The molecule has 94 valence electrons. The SMILES string of the molecule is Nc1nonc1C(=O)N[C@@H](CO)c1ccccc1. The van der Waals surface area contributed by atoms with E-state index in [9.17, 15) is 9.90 Å². The fourth-order valence-corrected chi connectivity index (χ4v) is 1.50. The van der Waals surface area contributed by atoms with E-state index in [1.807, 2.05) is 18.2 Å². The number of amides is 1. The molecular weight excluding hydrogens is 236 g/mol. The van der Waals surface area contributed by atoms with Crippen molar-refractivity contribution in [2.75, 3.05) is 12.3 Å². The second-order valence-corrected chi connectivity index (χ2v) is 3.62. The van der Waals surface area contributed by atoms with Gasteiger partial charge in [0.25, 0.3) is 5.91 Å². The van der Waals surface area contributed by atoms with Crippen molar-refractivity contribution < 1.29 is 14.5 Å². The number of anilines is 1. The fourth-order valence-electron chi connectivity index (χ4n) is 1.50. The number of hydrogen-bond acceptors (Lipinski definition) is 6. The van der Waals surface area contributed by atoms with Gasteiger partial charge in [-0.3, -0.25) is 4.79 Å². The highest BCUT2D eigenvalue weighted by atomic mass is 16.6. The molecule has 7 nitrogen and oxygen atoms in total. The molecule has 0 bridgehead atoms. The molecule has 0 radical (unpaired) electrons. The lowest BCUT2D eigenvalue weighted by atomic mass is 10.1. The smallest absolute Gasteiger partial charge is 0.278 e. The first-order valence-corrected chi connectivity index (χ1v) is 5.27. The predicted molar refractivity (Wildman–Crippen MR) is 62.4 cm³/mol. The van der Waals surface area contributed by atoms with E-state index in [4.69, 9.17) is 5.73 Å². The number of carbonyl (C=O) groups excluding carboxylic acids is 1. The minimum absolute atomic E-state index is 0.0859. The summed E-state index contributed by atoms with van der Waals surface area (Å²) in [4.78, 5) is 11.8. The van der Waals surface area contributed by atoms with Gasteiger partial charge in [-0.1, -0.05) is 30.3 Å². The second kappa shape index (κ2) is 5.28. The maximum atomic E-state index is 11.8. The Kier molecular flexibility index (Phi) is 3.54. The Balaban J connectivity index is 2.13. The lowest BCUT2D eigenvalue weighted by Gasteiger charge is -2.15. The van der Waals surface area contributed by atoms with E-state index in [1.165, 1.54) is 0 Å². The molecule has 0 aliphatic carbocycles. The van der Waals surface area contributed by atoms with E-state index in [0.29, 0.717) is 0 Å². The molecule has 18 heavy (non-hydrogen) atoms. The van der Waals surface area contributed by atoms with Gasteiger partial charge in [0.2, 0.25) is 11.5 Å². The van der Waals surface area contributed by atoms with Crippen LogP contribution >= 0.6 is 0 Å². The maximum absolute atomic E-state index is 11.8. The molecule has 4 N–H and O–H groups in total. The lowest BCUT2D eigenvalue weighted by Crippen LogP contribution is -2.31. The summed E-state index contributed by atoms with van der Waals surface area (Å²) in [5.41, 5.74) is 6.09. The third-order valence-corrected chi connectivity index (χ3v) is 2.42. The summed E-state index contributed by atoms with van der Waals surface area (Å²) in [6, 6.07) is 8.54. The molecule has 0 aliphatic heterocycles. The van der Waals surface area contributed by atoms with E-state index in [1.54, 1.807) is 12.1 Å². The molecule has 0 fully saturated rings. The predicted octanol–water partition coefficient (Wildman–Crippen LogP) is 0.115. The number of nitrogens with two attached hydrogens (primary N) is 1. The van der Waals surface area contributed by atoms with Crippen LogP contribution in [0.2, 0.25) is 0 Å². The number of benzene rings is 1. The zero-order chi connectivity index (χ0) is 13.0. The molecule has 1 aromatic heterocycles. The quantitative estimate of drug-likeness (QED) is 0.707. The van der Waals surface area contributed by atoms with Crippen LogP contribution in [0.4, 0.5) is 5.82 Å². The normalized spacial score (nSPS) is 12.1. The Hall–Kier alpha value is -2.41. The molecule has 0 saturated carbocycles. The molecule has 0 spiro atoms. The average molecular weight is 248 g/mol. The Bertz CT molecular complexity index is 526.